The Balaban J connectivity index is 3.85. The molecule has 192 valence electrons. The van der Waals surface area contributed by atoms with Crippen LogP contribution in [0.15, 0.2) is 6.07 Å². The van der Waals surface area contributed by atoms with Crippen molar-refractivity contribution in [2.24, 2.45) is 0 Å². The standard InChI is InChI=1S/C27H49O5P/c1-12-13-14-18(2)31-33(30)32-24-20(26(6,7)8)17-19(25(3,4)5)22(21(29)15-16-28)23(24)27(9,10)11/h17-18,21,28-30H,12-16H2,1-11H3. The minimum Gasteiger partial charge on any atom is -0.426 e. The predicted molar refractivity (Wildman–Crippen MR) is 139 cm³/mol. The van der Waals surface area contributed by atoms with Gasteiger partial charge in [0.2, 0.25) is 0 Å². The van der Waals surface area contributed by atoms with Crippen LogP contribution in [0.1, 0.15) is 130 Å². The molecule has 3 unspecified atom stereocenters. The highest BCUT2D eigenvalue weighted by molar-refractivity contribution is 7.41. The Hall–Kier alpha value is -0.710. The molecule has 3 atom stereocenters. The summed E-state index contributed by atoms with van der Waals surface area (Å²) in [4.78, 5) is 10.8. The first-order valence-electron chi connectivity index (χ1n) is 12.3. The number of hydrogen-bond donors (Lipinski definition) is 3. The smallest absolute Gasteiger partial charge is 0.394 e. The largest absolute Gasteiger partial charge is 0.426 e. The zero-order valence-corrected chi connectivity index (χ0v) is 23.8. The van der Waals surface area contributed by atoms with Crippen LogP contribution in [0.3, 0.4) is 0 Å². The maximum atomic E-state index is 11.2. The molecule has 6 heteroatoms. The maximum Gasteiger partial charge on any atom is 0.394 e. The fourth-order valence-electron chi connectivity index (χ4n) is 4.11. The summed E-state index contributed by atoms with van der Waals surface area (Å²) in [6, 6.07) is 2.12. The summed E-state index contributed by atoms with van der Waals surface area (Å²) in [5, 5.41) is 20.8. The molecular formula is C27H49O5P. The van der Waals surface area contributed by atoms with Gasteiger partial charge in [-0.2, -0.15) is 0 Å². The lowest BCUT2D eigenvalue weighted by Crippen LogP contribution is -2.27. The van der Waals surface area contributed by atoms with Crippen LogP contribution in [-0.4, -0.2) is 27.8 Å². The van der Waals surface area contributed by atoms with Gasteiger partial charge >= 0.3 is 8.60 Å². The van der Waals surface area contributed by atoms with Gasteiger partial charge in [-0.15, -0.1) is 0 Å². The molecule has 5 nitrogen and oxygen atoms in total. The van der Waals surface area contributed by atoms with Gasteiger partial charge in [0.25, 0.3) is 0 Å². The summed E-state index contributed by atoms with van der Waals surface area (Å²) in [7, 11) is -2.15. The molecule has 0 aliphatic carbocycles. The van der Waals surface area contributed by atoms with Crippen LogP contribution >= 0.6 is 8.60 Å². The number of hydrogen-bond acceptors (Lipinski definition) is 5. The molecule has 0 aromatic heterocycles. The quantitative estimate of drug-likeness (QED) is 0.306. The maximum absolute atomic E-state index is 11.2. The third-order valence-electron chi connectivity index (χ3n) is 5.83. The minimum absolute atomic E-state index is 0.106. The van der Waals surface area contributed by atoms with Gasteiger partial charge in [0.15, 0.2) is 0 Å². The van der Waals surface area contributed by atoms with Crippen molar-refractivity contribution < 1.29 is 24.2 Å². The molecule has 0 amide bonds. The van der Waals surface area contributed by atoms with Crippen LogP contribution in [0, 0.1) is 0 Å². The van der Waals surface area contributed by atoms with Crippen molar-refractivity contribution >= 4 is 8.60 Å². The molecule has 1 aromatic carbocycles. The van der Waals surface area contributed by atoms with Crippen molar-refractivity contribution in [2.45, 2.75) is 130 Å². The van der Waals surface area contributed by atoms with E-state index in [1.807, 2.05) is 6.92 Å². The molecule has 1 rings (SSSR count). The Labute approximate surface area is 203 Å². The van der Waals surface area contributed by atoms with Crippen molar-refractivity contribution in [2.75, 3.05) is 6.61 Å². The van der Waals surface area contributed by atoms with E-state index in [-0.39, 0.29) is 35.4 Å². The van der Waals surface area contributed by atoms with Gasteiger partial charge in [-0.3, -0.25) is 4.52 Å². The van der Waals surface area contributed by atoms with Gasteiger partial charge in [-0.05, 0) is 40.7 Å². The molecule has 0 fully saturated rings. The van der Waals surface area contributed by atoms with E-state index in [2.05, 4.69) is 75.3 Å². The number of aliphatic hydroxyl groups is 2. The Kier molecular flexibility index (Phi) is 10.9. The van der Waals surface area contributed by atoms with E-state index < -0.39 is 14.7 Å². The third-order valence-corrected chi connectivity index (χ3v) is 6.70. The van der Waals surface area contributed by atoms with E-state index in [0.29, 0.717) is 5.75 Å². The first-order valence-corrected chi connectivity index (χ1v) is 13.4. The van der Waals surface area contributed by atoms with Crippen LogP contribution in [0.25, 0.3) is 0 Å². The summed E-state index contributed by atoms with van der Waals surface area (Å²) in [6.07, 6.45) is 2.25. The van der Waals surface area contributed by atoms with E-state index in [0.717, 1.165) is 41.5 Å². The third kappa shape index (κ3) is 8.47. The van der Waals surface area contributed by atoms with Gasteiger partial charge in [0.1, 0.15) is 5.75 Å². The van der Waals surface area contributed by atoms with E-state index in [1.54, 1.807) is 0 Å². The Morgan fingerprint density at radius 2 is 1.45 bits per heavy atom. The lowest BCUT2D eigenvalue weighted by molar-refractivity contribution is 0.130. The minimum atomic E-state index is -2.15. The first-order chi connectivity index (χ1) is 14.9. The van der Waals surface area contributed by atoms with Gasteiger partial charge in [-0.25, -0.2) is 0 Å². The van der Waals surface area contributed by atoms with Gasteiger partial charge in [0, 0.05) is 24.2 Å². The second kappa shape index (κ2) is 11.8. The first kappa shape index (κ1) is 30.3. The fourth-order valence-corrected chi connectivity index (χ4v) is 4.91. The van der Waals surface area contributed by atoms with Gasteiger partial charge in [0.05, 0.1) is 12.2 Å². The lowest BCUT2D eigenvalue weighted by atomic mass is 9.70. The van der Waals surface area contributed by atoms with E-state index in [9.17, 15) is 15.1 Å². The topological polar surface area (TPSA) is 79.2 Å². The summed E-state index contributed by atoms with van der Waals surface area (Å²) in [5.74, 6) is 0.589. The van der Waals surface area contributed by atoms with Crippen molar-refractivity contribution in [3.63, 3.8) is 0 Å². The highest BCUT2D eigenvalue weighted by atomic mass is 31.2. The molecule has 0 spiro atoms. The highest BCUT2D eigenvalue weighted by Crippen LogP contribution is 2.51. The summed E-state index contributed by atoms with van der Waals surface area (Å²) in [6.45, 7) is 23.0. The van der Waals surface area contributed by atoms with Crippen LogP contribution < -0.4 is 4.52 Å². The van der Waals surface area contributed by atoms with Crippen molar-refractivity contribution in [1.29, 1.82) is 0 Å². The summed E-state index contributed by atoms with van der Waals surface area (Å²) >= 11 is 0. The van der Waals surface area contributed by atoms with Gasteiger partial charge in [-0.1, -0.05) is 88.1 Å². The zero-order valence-electron chi connectivity index (χ0n) is 22.9. The molecule has 0 bridgehead atoms. The number of benzene rings is 1. The molecular weight excluding hydrogens is 435 g/mol. The SMILES string of the molecule is CCCCC(C)OP(O)Oc1c(C(C)(C)C)cc(C(C)(C)C)c(C(O)CCO)c1C(C)(C)C. The van der Waals surface area contributed by atoms with Crippen molar-refractivity contribution in [3.8, 4) is 5.75 Å². The monoisotopic (exact) mass is 484 g/mol. The Morgan fingerprint density at radius 3 is 1.88 bits per heavy atom. The molecule has 0 radical (unpaired) electrons. The van der Waals surface area contributed by atoms with E-state index in [4.69, 9.17) is 9.05 Å². The molecule has 0 saturated heterocycles. The Bertz CT molecular complexity index is 756. The average molecular weight is 485 g/mol. The average Bonchev–Trinajstić information content (AvgIpc) is 2.62. The second-order valence-electron chi connectivity index (χ2n) is 12.3. The van der Waals surface area contributed by atoms with Crippen LogP contribution in [0.4, 0.5) is 0 Å². The molecule has 0 aliphatic rings. The molecule has 33 heavy (non-hydrogen) atoms. The van der Waals surface area contributed by atoms with Crippen LogP contribution in [0.5, 0.6) is 5.75 Å². The molecule has 0 aliphatic heterocycles. The van der Waals surface area contributed by atoms with Gasteiger partial charge < -0.3 is 19.6 Å². The second-order valence-corrected chi connectivity index (χ2v) is 13.1. The van der Waals surface area contributed by atoms with E-state index >= 15 is 0 Å². The zero-order chi connectivity index (χ0) is 25.8. The number of aliphatic hydroxyl groups excluding tert-OH is 2. The molecule has 0 heterocycles. The number of rotatable bonds is 10. The van der Waals surface area contributed by atoms with E-state index in [1.165, 1.54) is 0 Å². The fraction of sp³-hybridized carbons (Fsp3) is 0.778. The number of unbranched alkanes of at least 4 members (excludes halogenated alkanes) is 1. The van der Waals surface area contributed by atoms with Crippen LogP contribution in [0.2, 0.25) is 0 Å². The van der Waals surface area contributed by atoms with Crippen molar-refractivity contribution in [1.82, 2.24) is 0 Å². The molecule has 1 aromatic rings. The molecule has 3 N–H and O–H groups in total. The Morgan fingerprint density at radius 1 is 0.909 bits per heavy atom. The predicted octanol–water partition coefficient (Wildman–Crippen LogP) is 7.19. The normalized spacial score (nSPS) is 15.9. The van der Waals surface area contributed by atoms with Crippen molar-refractivity contribution in [3.05, 3.63) is 28.3 Å². The molecule has 0 saturated carbocycles. The summed E-state index contributed by atoms with van der Waals surface area (Å²) < 4.78 is 12.1. The highest BCUT2D eigenvalue weighted by Gasteiger charge is 2.37. The summed E-state index contributed by atoms with van der Waals surface area (Å²) in [5.41, 5.74) is 2.78. The van der Waals surface area contributed by atoms with Crippen LogP contribution in [-0.2, 0) is 20.8 Å². The lowest BCUT2D eigenvalue weighted by Gasteiger charge is -2.37.